The van der Waals surface area contributed by atoms with Gasteiger partial charge in [-0.25, -0.2) is 0 Å². The summed E-state index contributed by atoms with van der Waals surface area (Å²) in [5, 5.41) is 0. The minimum atomic E-state index is -0.831. The van der Waals surface area contributed by atoms with E-state index in [-0.39, 0.29) is 20.1 Å². The van der Waals surface area contributed by atoms with E-state index >= 15 is 0 Å². The molecule has 0 aliphatic carbocycles. The summed E-state index contributed by atoms with van der Waals surface area (Å²) in [5.41, 5.74) is 10.3. The molecule has 2 aromatic heterocycles. The molecule has 0 N–H and O–H groups in total. The summed E-state index contributed by atoms with van der Waals surface area (Å²) >= 11 is 0. The van der Waals surface area contributed by atoms with Gasteiger partial charge in [0.25, 0.3) is 0 Å². The number of benzene rings is 5. The molecule has 0 saturated carbocycles. The van der Waals surface area contributed by atoms with Gasteiger partial charge in [0.2, 0.25) is 0 Å². The molecule has 7 aromatic rings. The average Bonchev–Trinajstić information content (AvgIpc) is 3.13. The Morgan fingerprint density at radius 1 is 0.489 bits per heavy atom. The third-order valence-corrected chi connectivity index (χ3v) is 7.43. The zero-order valence-electron chi connectivity index (χ0n) is 25.9. The van der Waals surface area contributed by atoms with E-state index in [2.05, 4.69) is 64.6 Å². The number of hydrogen-bond donors (Lipinski definition) is 0. The van der Waals surface area contributed by atoms with E-state index in [0.29, 0.717) is 0 Å². The summed E-state index contributed by atoms with van der Waals surface area (Å²) in [5.74, 6) is -0.831. The minimum absolute atomic E-state index is 0. The smallest absolute Gasteiger partial charge is 0.0383 e. The molecule has 1 radical (unpaired) electrons. The number of nitrogens with zero attached hydrogens (tertiary/aromatic N) is 2. The van der Waals surface area contributed by atoms with Crippen molar-refractivity contribution in [3.8, 4) is 44.8 Å². The fourth-order valence-electron chi connectivity index (χ4n) is 5.04. The van der Waals surface area contributed by atoms with Gasteiger partial charge in [0.1, 0.15) is 0 Å². The Morgan fingerprint density at radius 3 is 1.69 bits per heavy atom. The van der Waals surface area contributed by atoms with Crippen molar-refractivity contribution in [2.75, 3.05) is 0 Å². The Labute approximate surface area is 281 Å². The predicted octanol–water partition coefficient (Wildman–Crippen LogP) is 10.6. The number of aromatic nitrogens is 2. The van der Waals surface area contributed by atoms with Crippen molar-refractivity contribution in [1.82, 2.24) is 9.97 Å². The molecular formula is C42H32IrN2-2. The Kier molecular flexibility index (Phi) is 10.5. The SMILES string of the molecule is [2H]C(C)(c1ccccc1)c1cc[c-]c(-c2cc(-c3ccccc3)ccn2)c1.[Ir].[c-]1ccc(-c2ccccc2)cc1-c1ccccn1. The molecule has 45 heavy (non-hydrogen) atoms. The average molecular weight is 758 g/mol. The first-order valence-corrected chi connectivity index (χ1v) is 14.7. The van der Waals surface area contributed by atoms with Crippen LogP contribution in [0.5, 0.6) is 0 Å². The summed E-state index contributed by atoms with van der Waals surface area (Å²) < 4.78 is 8.91. The molecule has 0 fully saturated rings. The van der Waals surface area contributed by atoms with Crippen LogP contribution in [0.2, 0.25) is 0 Å². The van der Waals surface area contributed by atoms with Crippen LogP contribution in [0.3, 0.4) is 0 Å². The quantitative estimate of drug-likeness (QED) is 0.158. The molecule has 0 spiro atoms. The van der Waals surface area contributed by atoms with Gasteiger partial charge < -0.3 is 9.97 Å². The van der Waals surface area contributed by atoms with E-state index in [1.54, 1.807) is 6.20 Å². The van der Waals surface area contributed by atoms with Gasteiger partial charge in [-0.05, 0) is 51.7 Å². The van der Waals surface area contributed by atoms with Gasteiger partial charge in [-0.2, -0.15) is 0 Å². The Morgan fingerprint density at radius 2 is 1.04 bits per heavy atom. The maximum Gasteiger partial charge on any atom is 0.0383 e. The molecule has 2 nitrogen and oxygen atoms in total. The largest absolute Gasteiger partial charge is 0.305 e. The zero-order valence-corrected chi connectivity index (χ0v) is 27.3. The predicted molar refractivity (Wildman–Crippen MR) is 182 cm³/mol. The summed E-state index contributed by atoms with van der Waals surface area (Å²) in [4.78, 5) is 8.89. The van der Waals surface area contributed by atoms with Crippen molar-refractivity contribution in [1.29, 1.82) is 0 Å². The maximum absolute atomic E-state index is 8.91. The second-order valence-corrected chi connectivity index (χ2v) is 10.3. The molecule has 0 amide bonds. The van der Waals surface area contributed by atoms with E-state index < -0.39 is 5.89 Å². The minimum Gasteiger partial charge on any atom is -0.305 e. The first-order valence-electron chi connectivity index (χ1n) is 15.2. The standard InChI is InChI=1S/C25H20N.C17H12N.Ir/c1-19(20-9-4-2-5-10-20)22-13-8-14-24(17-22)25-18-23(15-16-26-25)21-11-6-3-7-12-21;1-2-7-14(8-3-1)15-9-6-10-16(13-15)17-11-4-5-12-18-17;/h2-13,15-19H,1H3;1-9,11-13H;/q2*-1;/i19D;;. The molecule has 5 aromatic carbocycles. The second kappa shape index (κ2) is 15.7. The summed E-state index contributed by atoms with van der Waals surface area (Å²) in [6, 6.07) is 59.1. The Hall–Kier alpha value is -4.95. The van der Waals surface area contributed by atoms with Gasteiger partial charge >= 0.3 is 0 Å². The van der Waals surface area contributed by atoms with Gasteiger partial charge in [0.15, 0.2) is 0 Å². The zero-order chi connectivity index (χ0) is 30.9. The van der Waals surface area contributed by atoms with Crippen LogP contribution in [-0.4, -0.2) is 9.97 Å². The maximum atomic E-state index is 8.91. The molecule has 0 aliphatic heterocycles. The van der Waals surface area contributed by atoms with Gasteiger partial charge in [-0.1, -0.05) is 116 Å². The molecule has 1 unspecified atom stereocenters. The fraction of sp³-hybridized carbons (Fsp3) is 0.0476. The van der Waals surface area contributed by atoms with Crippen LogP contribution in [0.25, 0.3) is 44.8 Å². The monoisotopic (exact) mass is 758 g/mol. The van der Waals surface area contributed by atoms with E-state index in [9.17, 15) is 0 Å². The van der Waals surface area contributed by atoms with Crippen LogP contribution >= 0.6 is 0 Å². The van der Waals surface area contributed by atoms with Crippen molar-refractivity contribution in [2.24, 2.45) is 0 Å². The molecule has 2 heterocycles. The summed E-state index contributed by atoms with van der Waals surface area (Å²) in [6.45, 7) is 1.93. The number of hydrogen-bond acceptors (Lipinski definition) is 2. The van der Waals surface area contributed by atoms with Crippen molar-refractivity contribution in [2.45, 2.75) is 12.8 Å². The van der Waals surface area contributed by atoms with Crippen molar-refractivity contribution < 1.29 is 21.5 Å². The normalized spacial score (nSPS) is 12.0. The van der Waals surface area contributed by atoms with Crippen LogP contribution in [0, 0.1) is 12.1 Å². The number of pyridine rings is 2. The summed E-state index contributed by atoms with van der Waals surface area (Å²) in [7, 11) is 0. The third-order valence-electron chi connectivity index (χ3n) is 7.43. The van der Waals surface area contributed by atoms with E-state index in [1.807, 2.05) is 128 Å². The van der Waals surface area contributed by atoms with Gasteiger partial charge in [-0.15, -0.1) is 70.8 Å². The Balaban J connectivity index is 0.000000191. The molecule has 0 aliphatic rings. The molecule has 221 valence electrons. The van der Waals surface area contributed by atoms with Gasteiger partial charge in [-0.3, -0.25) is 0 Å². The first-order chi connectivity index (χ1) is 22.1. The van der Waals surface area contributed by atoms with Gasteiger partial charge in [0, 0.05) is 33.9 Å². The van der Waals surface area contributed by atoms with Crippen LogP contribution in [0.4, 0.5) is 0 Å². The molecule has 3 heteroatoms. The molecule has 0 saturated heterocycles. The van der Waals surface area contributed by atoms with Crippen molar-refractivity contribution >= 4 is 0 Å². The van der Waals surface area contributed by atoms with Gasteiger partial charge in [0.05, 0.1) is 0 Å². The first kappa shape index (κ1) is 30.1. The fourth-order valence-corrected chi connectivity index (χ4v) is 5.04. The van der Waals surface area contributed by atoms with E-state index in [4.69, 9.17) is 1.37 Å². The molecular weight excluding hydrogens is 725 g/mol. The van der Waals surface area contributed by atoms with Crippen molar-refractivity contribution in [3.63, 3.8) is 0 Å². The Bertz CT molecular complexity index is 1910. The van der Waals surface area contributed by atoms with Crippen LogP contribution in [0.1, 0.15) is 25.3 Å². The van der Waals surface area contributed by atoms with Crippen LogP contribution < -0.4 is 0 Å². The molecule has 0 bridgehead atoms. The third kappa shape index (κ3) is 8.16. The van der Waals surface area contributed by atoms with Crippen LogP contribution in [0.15, 0.2) is 170 Å². The topological polar surface area (TPSA) is 25.8 Å². The number of rotatable bonds is 6. The molecule has 1 atom stereocenters. The van der Waals surface area contributed by atoms with Crippen molar-refractivity contribution in [3.05, 3.63) is 193 Å². The molecule has 7 rings (SSSR count). The second-order valence-electron chi connectivity index (χ2n) is 10.3. The van der Waals surface area contributed by atoms with E-state index in [1.165, 1.54) is 11.1 Å². The van der Waals surface area contributed by atoms with Crippen LogP contribution in [-0.2, 0) is 20.1 Å². The summed E-state index contributed by atoms with van der Waals surface area (Å²) in [6.07, 6.45) is 3.63. The van der Waals surface area contributed by atoms with E-state index in [0.717, 1.165) is 44.8 Å².